The molecule has 0 atom stereocenters. The van der Waals surface area contributed by atoms with Gasteiger partial charge in [-0.25, -0.2) is 8.42 Å². The molecule has 0 spiro atoms. The van der Waals surface area contributed by atoms with Gasteiger partial charge in [-0.2, -0.15) is 0 Å². The Morgan fingerprint density at radius 2 is 1.54 bits per heavy atom. The first-order valence-corrected chi connectivity index (χ1v) is 9.72. The van der Waals surface area contributed by atoms with Gasteiger partial charge < -0.3 is 9.80 Å². The van der Waals surface area contributed by atoms with E-state index in [1.54, 1.807) is 30.3 Å². The number of nitrogens with one attached hydrogen (secondary N) is 1. The third-order valence-corrected chi connectivity index (χ3v) is 5.74. The summed E-state index contributed by atoms with van der Waals surface area (Å²) >= 11 is 0. The van der Waals surface area contributed by atoms with Crippen LogP contribution in [0.5, 0.6) is 0 Å². The maximum absolute atomic E-state index is 12.6. The average Bonchev–Trinajstić information content (AvgIpc) is 2.63. The molecule has 2 aromatic rings. The summed E-state index contributed by atoms with van der Waals surface area (Å²) in [7, 11) is -3.58. The van der Waals surface area contributed by atoms with E-state index in [4.69, 9.17) is 0 Å². The van der Waals surface area contributed by atoms with Crippen molar-refractivity contribution in [3.05, 3.63) is 54.6 Å². The third kappa shape index (κ3) is 3.71. The van der Waals surface area contributed by atoms with Crippen molar-refractivity contribution in [2.24, 2.45) is 0 Å². The van der Waals surface area contributed by atoms with E-state index < -0.39 is 10.0 Å². The van der Waals surface area contributed by atoms with Crippen LogP contribution < -0.4 is 9.62 Å². The lowest BCUT2D eigenvalue weighted by Crippen LogP contribution is -2.46. The van der Waals surface area contributed by atoms with Gasteiger partial charge in [0.15, 0.2) is 0 Å². The maximum Gasteiger partial charge on any atom is 0.261 e. The Balaban J connectivity index is 1.83. The van der Waals surface area contributed by atoms with Gasteiger partial charge in [-0.05, 0) is 30.8 Å². The molecule has 1 heterocycles. The van der Waals surface area contributed by atoms with Crippen LogP contribution in [0.4, 0.5) is 11.4 Å². The summed E-state index contributed by atoms with van der Waals surface area (Å²) < 4.78 is 27.9. The molecule has 6 heteroatoms. The van der Waals surface area contributed by atoms with E-state index in [1.165, 1.54) is 0 Å². The van der Waals surface area contributed by atoms with Crippen LogP contribution in [0.15, 0.2) is 59.5 Å². The zero-order valence-corrected chi connectivity index (χ0v) is 14.7. The van der Waals surface area contributed by atoms with E-state index in [9.17, 15) is 8.42 Å². The minimum Gasteiger partial charge on any atom is -0.367 e. The Morgan fingerprint density at radius 3 is 2.21 bits per heavy atom. The molecular formula is C18H23N3O2S. The topological polar surface area (TPSA) is 52.6 Å². The molecule has 0 amide bonds. The quantitative estimate of drug-likeness (QED) is 0.905. The highest BCUT2D eigenvalue weighted by molar-refractivity contribution is 7.92. The number of rotatable bonds is 5. The minimum atomic E-state index is -3.58. The van der Waals surface area contributed by atoms with Crippen LogP contribution >= 0.6 is 0 Å². The largest absolute Gasteiger partial charge is 0.367 e. The molecule has 0 aromatic heterocycles. The second-order valence-electron chi connectivity index (χ2n) is 5.86. The van der Waals surface area contributed by atoms with Crippen molar-refractivity contribution >= 4 is 21.4 Å². The smallest absolute Gasteiger partial charge is 0.261 e. The number of nitrogens with zero attached hydrogens (tertiary/aromatic N) is 2. The predicted molar refractivity (Wildman–Crippen MR) is 98.0 cm³/mol. The van der Waals surface area contributed by atoms with Crippen molar-refractivity contribution in [1.29, 1.82) is 0 Å². The Morgan fingerprint density at radius 1 is 0.917 bits per heavy atom. The SMILES string of the molecule is CCN1CCN(c2ccccc2NS(=O)(=O)c2ccccc2)CC1. The zero-order chi connectivity index (χ0) is 17.0. The van der Waals surface area contributed by atoms with E-state index >= 15 is 0 Å². The van der Waals surface area contributed by atoms with Crippen molar-refractivity contribution < 1.29 is 8.42 Å². The third-order valence-electron chi connectivity index (χ3n) is 4.36. The number of anilines is 2. The van der Waals surface area contributed by atoms with E-state index in [2.05, 4.69) is 21.4 Å². The second kappa shape index (κ2) is 7.23. The lowest BCUT2D eigenvalue weighted by Gasteiger charge is -2.36. The van der Waals surface area contributed by atoms with E-state index in [1.807, 2.05) is 24.3 Å². The molecule has 1 aliphatic rings. The zero-order valence-electron chi connectivity index (χ0n) is 13.9. The van der Waals surface area contributed by atoms with Gasteiger partial charge in [0.1, 0.15) is 0 Å². The van der Waals surface area contributed by atoms with Crippen LogP contribution in [0, 0.1) is 0 Å². The van der Waals surface area contributed by atoms with Crippen LogP contribution in [-0.4, -0.2) is 46.0 Å². The van der Waals surface area contributed by atoms with Gasteiger partial charge in [0, 0.05) is 26.2 Å². The number of likely N-dealkylation sites (N-methyl/N-ethyl adjacent to an activating group) is 1. The molecular weight excluding hydrogens is 322 g/mol. The molecule has 0 aliphatic carbocycles. The highest BCUT2D eigenvalue weighted by Gasteiger charge is 2.21. The first kappa shape index (κ1) is 16.8. The standard InChI is InChI=1S/C18H23N3O2S/c1-2-20-12-14-21(15-13-20)18-11-7-6-10-17(18)19-24(22,23)16-8-4-3-5-9-16/h3-11,19H,2,12-15H2,1H3. The van der Waals surface area contributed by atoms with Crippen molar-refractivity contribution in [2.75, 3.05) is 42.3 Å². The number of para-hydroxylation sites is 2. The molecule has 0 radical (unpaired) electrons. The van der Waals surface area contributed by atoms with Crippen LogP contribution in [0.3, 0.4) is 0 Å². The summed E-state index contributed by atoms with van der Waals surface area (Å²) in [5, 5.41) is 0. The van der Waals surface area contributed by atoms with Crippen LogP contribution in [0.1, 0.15) is 6.92 Å². The van der Waals surface area contributed by atoms with E-state index in [-0.39, 0.29) is 4.90 Å². The number of sulfonamides is 1. The summed E-state index contributed by atoms with van der Waals surface area (Å²) in [5.74, 6) is 0. The highest BCUT2D eigenvalue weighted by Crippen LogP contribution is 2.28. The maximum atomic E-state index is 12.6. The van der Waals surface area contributed by atoms with Gasteiger partial charge in [-0.3, -0.25) is 4.72 Å². The monoisotopic (exact) mass is 345 g/mol. The van der Waals surface area contributed by atoms with Gasteiger partial charge in [0.25, 0.3) is 10.0 Å². The van der Waals surface area contributed by atoms with Gasteiger partial charge in [0.05, 0.1) is 16.3 Å². The highest BCUT2D eigenvalue weighted by atomic mass is 32.2. The molecule has 0 unspecified atom stereocenters. The molecule has 0 saturated carbocycles. The molecule has 2 aromatic carbocycles. The summed E-state index contributed by atoms with van der Waals surface area (Å²) in [6.45, 7) is 7.01. The number of benzene rings is 2. The number of hydrogen-bond acceptors (Lipinski definition) is 4. The lowest BCUT2D eigenvalue weighted by molar-refractivity contribution is 0.271. The fourth-order valence-electron chi connectivity index (χ4n) is 2.94. The summed E-state index contributed by atoms with van der Waals surface area (Å²) in [5.41, 5.74) is 1.57. The molecule has 24 heavy (non-hydrogen) atoms. The molecule has 128 valence electrons. The van der Waals surface area contributed by atoms with Gasteiger partial charge in [0.2, 0.25) is 0 Å². The fourth-order valence-corrected chi connectivity index (χ4v) is 4.04. The van der Waals surface area contributed by atoms with Crippen molar-refractivity contribution in [3.63, 3.8) is 0 Å². The van der Waals surface area contributed by atoms with Gasteiger partial charge >= 0.3 is 0 Å². The average molecular weight is 345 g/mol. The normalized spacial score (nSPS) is 16.1. The van der Waals surface area contributed by atoms with Crippen LogP contribution in [0.2, 0.25) is 0 Å². The Labute approximate surface area is 144 Å². The summed E-state index contributed by atoms with van der Waals surface area (Å²) in [4.78, 5) is 4.91. The summed E-state index contributed by atoms with van der Waals surface area (Å²) in [6, 6.07) is 16.1. The molecule has 0 bridgehead atoms. The first-order valence-electron chi connectivity index (χ1n) is 8.24. The van der Waals surface area contributed by atoms with E-state index in [0.717, 1.165) is 38.4 Å². The number of hydrogen-bond donors (Lipinski definition) is 1. The minimum absolute atomic E-state index is 0.274. The van der Waals surface area contributed by atoms with Gasteiger partial charge in [-0.1, -0.05) is 37.3 Å². The summed E-state index contributed by atoms with van der Waals surface area (Å²) in [6.07, 6.45) is 0. The van der Waals surface area contributed by atoms with Crippen LogP contribution in [-0.2, 0) is 10.0 Å². The van der Waals surface area contributed by atoms with Gasteiger partial charge in [-0.15, -0.1) is 0 Å². The Kier molecular flexibility index (Phi) is 5.06. The Bertz CT molecular complexity index is 770. The fraction of sp³-hybridized carbons (Fsp3) is 0.333. The van der Waals surface area contributed by atoms with Crippen molar-refractivity contribution in [3.8, 4) is 0 Å². The van der Waals surface area contributed by atoms with E-state index in [0.29, 0.717) is 5.69 Å². The number of piperazine rings is 1. The van der Waals surface area contributed by atoms with Crippen molar-refractivity contribution in [1.82, 2.24) is 4.90 Å². The predicted octanol–water partition coefficient (Wildman–Crippen LogP) is 2.63. The molecule has 1 saturated heterocycles. The molecule has 5 nitrogen and oxygen atoms in total. The van der Waals surface area contributed by atoms with Crippen molar-refractivity contribution in [2.45, 2.75) is 11.8 Å². The Hall–Kier alpha value is -2.05. The molecule has 1 aliphatic heterocycles. The second-order valence-corrected chi connectivity index (χ2v) is 7.54. The van der Waals surface area contributed by atoms with Crippen LogP contribution in [0.25, 0.3) is 0 Å². The first-order chi connectivity index (χ1) is 11.6. The molecule has 3 rings (SSSR count). The lowest BCUT2D eigenvalue weighted by atomic mass is 10.2. The molecule has 1 N–H and O–H groups in total. The molecule has 1 fully saturated rings.